The molecular weight excluding hydrogens is 632 g/mol. The third-order valence-electron chi connectivity index (χ3n) is 7.79. The van der Waals surface area contributed by atoms with E-state index in [0.29, 0.717) is 46.0 Å². The zero-order chi connectivity index (χ0) is 31.6. The van der Waals surface area contributed by atoms with Gasteiger partial charge in [0.2, 0.25) is 16.3 Å². The van der Waals surface area contributed by atoms with Crippen LogP contribution in [0, 0.1) is 5.92 Å². The molecule has 3 aromatic rings. The molecule has 236 valence electrons. The summed E-state index contributed by atoms with van der Waals surface area (Å²) in [5.41, 5.74) is 1.02. The molecule has 12 nitrogen and oxygen atoms in total. The number of esters is 1. The second-order valence-electron chi connectivity index (χ2n) is 10.8. The van der Waals surface area contributed by atoms with Gasteiger partial charge in [0, 0.05) is 49.3 Å². The lowest BCUT2D eigenvalue weighted by atomic mass is 9.94. The molecule has 44 heavy (non-hydrogen) atoms. The predicted molar refractivity (Wildman–Crippen MR) is 164 cm³/mol. The van der Waals surface area contributed by atoms with Gasteiger partial charge in [-0.15, -0.1) is 0 Å². The van der Waals surface area contributed by atoms with Crippen LogP contribution < -0.4 is 4.90 Å². The van der Waals surface area contributed by atoms with Crippen molar-refractivity contribution in [3.8, 4) is 0 Å². The minimum atomic E-state index is -4.55. The first kappa shape index (κ1) is 32.1. The maximum atomic E-state index is 14.0. The molecule has 2 aliphatic heterocycles. The third kappa shape index (κ3) is 6.99. The summed E-state index contributed by atoms with van der Waals surface area (Å²) >= 11 is 6.07. The highest BCUT2D eigenvalue weighted by molar-refractivity contribution is 7.89. The van der Waals surface area contributed by atoms with Crippen molar-refractivity contribution in [2.75, 3.05) is 43.9 Å². The van der Waals surface area contributed by atoms with Crippen molar-refractivity contribution in [3.05, 3.63) is 65.9 Å². The number of nitrogens with zero attached hydrogens (tertiary/aromatic N) is 4. The number of fused-ring (bicyclic) bond motifs is 1. The average Bonchev–Trinajstić information content (AvgIpc) is 2.99. The first-order chi connectivity index (χ1) is 20.9. The molecule has 1 aromatic heterocycles. The van der Waals surface area contributed by atoms with E-state index in [1.807, 2.05) is 12.1 Å². The molecule has 0 N–H and O–H groups in total. The number of carbonyl (C=O) groups is 2. The normalized spacial score (nSPS) is 20.7. The molecule has 2 fully saturated rings. The second-order valence-corrected chi connectivity index (χ2v) is 14.7. The van der Waals surface area contributed by atoms with E-state index < -0.39 is 50.8 Å². The van der Waals surface area contributed by atoms with Crippen LogP contribution in [-0.4, -0.2) is 94.2 Å². The summed E-state index contributed by atoms with van der Waals surface area (Å²) in [6.07, 6.45) is 3.49. The topological polar surface area (TPSA) is 143 Å². The first-order valence-electron chi connectivity index (χ1n) is 14.1. The van der Waals surface area contributed by atoms with E-state index in [4.69, 9.17) is 20.5 Å². The summed E-state index contributed by atoms with van der Waals surface area (Å²) in [6, 6.07) is 11.7. The highest BCUT2D eigenvalue weighted by atomic mass is 35.5. The Bertz CT molecular complexity index is 1750. The van der Waals surface area contributed by atoms with Crippen LogP contribution in [0.15, 0.2) is 65.8 Å². The highest BCUT2D eigenvalue weighted by Gasteiger charge is 2.51. The summed E-state index contributed by atoms with van der Waals surface area (Å²) in [4.78, 5) is 34.5. The zero-order valence-corrected chi connectivity index (χ0v) is 26.6. The molecule has 3 heterocycles. The van der Waals surface area contributed by atoms with Gasteiger partial charge in [-0.2, -0.15) is 12.7 Å². The SMILES string of the molecule is CCOC(=O)[C@H]1CN(S(=O)(=O)c2ccc3cc(Cl)ccc3c2)C(OS(C)(=O)=O)C(=O)N1CC1CCN(c2ccncc2)CC1. The molecule has 1 amide bonds. The van der Waals surface area contributed by atoms with Crippen molar-refractivity contribution in [2.45, 2.75) is 36.9 Å². The molecule has 2 aliphatic rings. The Labute approximate surface area is 261 Å². The zero-order valence-electron chi connectivity index (χ0n) is 24.2. The van der Waals surface area contributed by atoms with Crippen molar-refractivity contribution < 1.29 is 35.3 Å². The van der Waals surface area contributed by atoms with E-state index >= 15 is 0 Å². The van der Waals surface area contributed by atoms with Crippen LogP contribution in [0.4, 0.5) is 5.69 Å². The van der Waals surface area contributed by atoms with Crippen molar-refractivity contribution in [1.82, 2.24) is 14.2 Å². The van der Waals surface area contributed by atoms with Crippen molar-refractivity contribution in [3.63, 3.8) is 0 Å². The fourth-order valence-electron chi connectivity index (χ4n) is 5.62. The number of hydrogen-bond acceptors (Lipinski definition) is 10. The van der Waals surface area contributed by atoms with Crippen molar-refractivity contribution >= 4 is 60.1 Å². The van der Waals surface area contributed by atoms with Gasteiger partial charge < -0.3 is 14.5 Å². The van der Waals surface area contributed by atoms with Gasteiger partial charge in [0.15, 0.2) is 0 Å². The molecule has 0 radical (unpaired) electrons. The van der Waals surface area contributed by atoms with Crippen molar-refractivity contribution in [1.29, 1.82) is 0 Å². The van der Waals surface area contributed by atoms with Gasteiger partial charge >= 0.3 is 5.97 Å². The van der Waals surface area contributed by atoms with Gasteiger partial charge in [-0.25, -0.2) is 17.4 Å². The summed E-state index contributed by atoms with van der Waals surface area (Å²) in [5, 5.41) is 1.71. The molecule has 2 aromatic carbocycles. The molecule has 2 saturated heterocycles. The fourth-order valence-corrected chi connectivity index (χ4v) is 7.88. The average molecular weight is 665 g/mol. The van der Waals surface area contributed by atoms with Crippen LogP contribution in [0.1, 0.15) is 19.8 Å². The Hall–Kier alpha value is -3.30. The number of piperazine rings is 1. The quantitative estimate of drug-likeness (QED) is 0.247. The van der Waals surface area contributed by atoms with Crippen LogP contribution >= 0.6 is 11.6 Å². The number of benzene rings is 2. The monoisotopic (exact) mass is 664 g/mol. The van der Waals surface area contributed by atoms with Gasteiger partial charge in [0.1, 0.15) is 6.04 Å². The number of ether oxygens (including phenoxy) is 1. The number of halogens is 1. The molecule has 2 atom stereocenters. The lowest BCUT2D eigenvalue weighted by molar-refractivity contribution is -0.167. The number of rotatable bonds is 9. The fraction of sp³-hybridized carbons (Fsp3) is 0.414. The van der Waals surface area contributed by atoms with Crippen LogP contribution in [0.5, 0.6) is 0 Å². The van der Waals surface area contributed by atoms with Crippen LogP contribution in [0.2, 0.25) is 5.02 Å². The largest absolute Gasteiger partial charge is 0.464 e. The van der Waals surface area contributed by atoms with Gasteiger partial charge in [0.25, 0.3) is 16.0 Å². The Kier molecular flexibility index (Phi) is 9.47. The smallest absolute Gasteiger partial charge is 0.330 e. The second kappa shape index (κ2) is 13.0. The van der Waals surface area contributed by atoms with E-state index in [1.165, 1.54) is 17.0 Å². The number of carbonyl (C=O) groups excluding carboxylic acids is 2. The third-order valence-corrected chi connectivity index (χ3v) is 10.4. The minimum Gasteiger partial charge on any atom is -0.464 e. The van der Waals surface area contributed by atoms with Gasteiger partial charge in [-0.05, 0) is 72.9 Å². The maximum absolute atomic E-state index is 14.0. The Morgan fingerprint density at radius 1 is 1.00 bits per heavy atom. The molecule has 1 unspecified atom stereocenters. The summed E-state index contributed by atoms with van der Waals surface area (Å²) in [6.45, 7) is 2.54. The van der Waals surface area contributed by atoms with E-state index in [9.17, 15) is 26.4 Å². The number of piperidine rings is 1. The molecule has 15 heteroatoms. The van der Waals surface area contributed by atoms with E-state index in [2.05, 4.69) is 9.88 Å². The number of aromatic nitrogens is 1. The predicted octanol–water partition coefficient (Wildman–Crippen LogP) is 2.87. The summed E-state index contributed by atoms with van der Waals surface area (Å²) < 4.78 is 63.7. The molecule has 5 rings (SSSR count). The molecule has 0 spiro atoms. The van der Waals surface area contributed by atoms with E-state index in [1.54, 1.807) is 43.6 Å². The number of sulfonamides is 1. The summed E-state index contributed by atoms with van der Waals surface area (Å²) in [5.74, 6) is -1.78. The maximum Gasteiger partial charge on any atom is 0.330 e. The van der Waals surface area contributed by atoms with Crippen LogP contribution in [0.25, 0.3) is 10.8 Å². The molecular formula is C29H33ClN4O8S2. The Morgan fingerprint density at radius 3 is 2.32 bits per heavy atom. The van der Waals surface area contributed by atoms with Crippen molar-refractivity contribution in [2.24, 2.45) is 5.92 Å². The molecule has 0 bridgehead atoms. The van der Waals surface area contributed by atoms with Crippen LogP contribution in [-0.2, 0) is 38.7 Å². The van der Waals surface area contributed by atoms with Gasteiger partial charge in [-0.1, -0.05) is 23.7 Å². The Morgan fingerprint density at radius 2 is 1.66 bits per heavy atom. The number of amides is 1. The van der Waals surface area contributed by atoms with Gasteiger partial charge in [0.05, 0.1) is 17.8 Å². The number of anilines is 1. The number of hydrogen-bond donors (Lipinski definition) is 0. The number of pyridine rings is 1. The lowest BCUT2D eigenvalue weighted by Crippen LogP contribution is -2.66. The standard InChI is InChI=1S/C29H33ClN4O8S2/c1-3-41-29(36)26-19-34(44(39,40)25-7-5-21-16-23(30)6-4-22(21)17-25)28(42-43(2,37)38)27(35)33(26)18-20-10-14-32(15-11-20)24-8-12-31-13-9-24/h4-9,12-13,16-17,20,26,28H,3,10-11,14-15,18-19H2,1-2H3/t26-,28?/m1/s1. The Balaban J connectivity index is 1.46. The van der Waals surface area contributed by atoms with E-state index in [0.717, 1.165) is 11.9 Å². The van der Waals surface area contributed by atoms with Crippen LogP contribution in [0.3, 0.4) is 0 Å². The summed E-state index contributed by atoms with van der Waals surface area (Å²) in [7, 11) is -8.86. The molecule has 0 aliphatic carbocycles. The lowest BCUT2D eigenvalue weighted by Gasteiger charge is -2.44. The first-order valence-corrected chi connectivity index (χ1v) is 17.7. The van der Waals surface area contributed by atoms with Gasteiger partial charge in [-0.3, -0.25) is 9.78 Å². The highest BCUT2D eigenvalue weighted by Crippen LogP contribution is 2.32. The molecule has 0 saturated carbocycles. The minimum absolute atomic E-state index is 0.00490. The van der Waals surface area contributed by atoms with E-state index in [-0.39, 0.29) is 24.0 Å².